The van der Waals surface area contributed by atoms with Crippen molar-refractivity contribution in [2.24, 2.45) is 7.05 Å². The van der Waals surface area contributed by atoms with Gasteiger partial charge in [0.1, 0.15) is 17.5 Å². The van der Waals surface area contributed by atoms with E-state index < -0.39 is 0 Å². The predicted octanol–water partition coefficient (Wildman–Crippen LogP) is 1.80. The zero-order valence-electron chi connectivity index (χ0n) is 16.1. The van der Waals surface area contributed by atoms with Crippen LogP contribution in [0.25, 0.3) is 11.0 Å². The van der Waals surface area contributed by atoms with Crippen LogP contribution in [0, 0.1) is 0 Å². The first-order valence-corrected chi connectivity index (χ1v) is 9.11. The number of aryl methyl sites for hydroxylation is 1. The Hall–Kier alpha value is -3.23. The van der Waals surface area contributed by atoms with Crippen LogP contribution in [0.15, 0.2) is 24.9 Å². The van der Waals surface area contributed by atoms with Gasteiger partial charge in [0.15, 0.2) is 5.75 Å². The molecule has 0 spiro atoms. The molecule has 28 heavy (non-hydrogen) atoms. The van der Waals surface area contributed by atoms with E-state index in [-0.39, 0.29) is 11.8 Å². The van der Waals surface area contributed by atoms with Gasteiger partial charge in [-0.15, -0.1) is 0 Å². The maximum absolute atomic E-state index is 12.6. The van der Waals surface area contributed by atoms with E-state index in [2.05, 4.69) is 19.9 Å². The minimum absolute atomic E-state index is 0.0314. The van der Waals surface area contributed by atoms with Crippen LogP contribution in [-0.2, 0) is 7.05 Å². The number of hydrogen-bond donors (Lipinski definition) is 0. The Bertz CT molecular complexity index is 1010. The van der Waals surface area contributed by atoms with Crippen LogP contribution in [0.3, 0.4) is 0 Å². The van der Waals surface area contributed by atoms with E-state index in [0.29, 0.717) is 30.4 Å². The Morgan fingerprint density at radius 2 is 1.93 bits per heavy atom. The Labute approximate surface area is 162 Å². The summed E-state index contributed by atoms with van der Waals surface area (Å²) in [6, 6.07) is 1.81. The maximum atomic E-state index is 12.6. The number of carbonyl (C=O) groups is 1. The van der Waals surface area contributed by atoms with Gasteiger partial charge in [0.05, 0.1) is 31.8 Å². The molecule has 1 aliphatic heterocycles. The average molecular weight is 382 g/mol. The summed E-state index contributed by atoms with van der Waals surface area (Å²) in [7, 11) is 4.98. The summed E-state index contributed by atoms with van der Waals surface area (Å²) in [5.41, 5.74) is 2.80. The molecule has 4 rings (SSSR count). The van der Waals surface area contributed by atoms with Crippen LogP contribution in [0.2, 0.25) is 0 Å². The number of piperidine rings is 1. The van der Waals surface area contributed by atoms with E-state index in [1.165, 1.54) is 0 Å². The fraction of sp³-hybridized carbons (Fsp3) is 0.421. The molecule has 0 N–H and O–H groups in total. The second-order valence-electron chi connectivity index (χ2n) is 6.82. The highest BCUT2D eigenvalue weighted by Gasteiger charge is 2.28. The second-order valence-corrected chi connectivity index (χ2v) is 6.82. The molecular weight excluding hydrogens is 360 g/mol. The Balaban J connectivity index is 1.56. The number of pyridine rings is 1. The highest BCUT2D eigenvalue weighted by atomic mass is 16.5. The number of nitrogens with zero attached hydrogens (tertiary/aromatic N) is 6. The molecule has 1 saturated heterocycles. The van der Waals surface area contributed by atoms with E-state index >= 15 is 0 Å². The minimum Gasteiger partial charge on any atom is -0.491 e. The van der Waals surface area contributed by atoms with Gasteiger partial charge in [-0.25, -0.2) is 19.9 Å². The number of amides is 1. The lowest BCUT2D eigenvalue weighted by Gasteiger charge is -2.31. The van der Waals surface area contributed by atoms with Gasteiger partial charge in [0, 0.05) is 38.3 Å². The van der Waals surface area contributed by atoms with E-state index in [9.17, 15) is 4.79 Å². The fourth-order valence-corrected chi connectivity index (χ4v) is 3.60. The number of fused-ring (bicyclic) bond motifs is 1. The number of hydrogen-bond acceptors (Lipinski definition) is 7. The summed E-state index contributed by atoms with van der Waals surface area (Å²) in [4.78, 5) is 32.0. The summed E-state index contributed by atoms with van der Waals surface area (Å²) in [5, 5.41) is 0. The summed E-state index contributed by atoms with van der Waals surface area (Å²) in [6.07, 6.45) is 6.55. The van der Waals surface area contributed by atoms with Crippen molar-refractivity contribution in [3.8, 4) is 11.6 Å². The van der Waals surface area contributed by atoms with Crippen molar-refractivity contribution in [1.82, 2.24) is 29.4 Å². The van der Waals surface area contributed by atoms with E-state index in [0.717, 1.165) is 29.6 Å². The van der Waals surface area contributed by atoms with Crippen molar-refractivity contribution in [1.29, 1.82) is 0 Å². The average Bonchev–Trinajstić information content (AvgIpc) is 3.18. The van der Waals surface area contributed by atoms with Gasteiger partial charge in [-0.3, -0.25) is 4.79 Å². The lowest BCUT2D eigenvalue weighted by molar-refractivity contribution is 0.0707. The largest absolute Gasteiger partial charge is 0.491 e. The van der Waals surface area contributed by atoms with E-state index in [1.807, 2.05) is 18.0 Å². The Morgan fingerprint density at radius 1 is 1.14 bits per heavy atom. The maximum Gasteiger partial charge on any atom is 0.274 e. The van der Waals surface area contributed by atoms with Gasteiger partial charge in [-0.1, -0.05) is 0 Å². The predicted molar refractivity (Wildman–Crippen MR) is 102 cm³/mol. The number of ether oxygens (including phenoxy) is 2. The minimum atomic E-state index is -0.0314. The monoisotopic (exact) mass is 382 g/mol. The number of rotatable bonds is 4. The normalized spacial score (nSPS) is 15.0. The van der Waals surface area contributed by atoms with Crippen molar-refractivity contribution in [2.45, 2.75) is 18.8 Å². The number of likely N-dealkylation sites (tertiary alicyclic amines) is 1. The molecule has 146 valence electrons. The molecule has 0 saturated carbocycles. The molecule has 9 nitrogen and oxygen atoms in total. The van der Waals surface area contributed by atoms with Crippen LogP contribution in [0.5, 0.6) is 11.6 Å². The van der Waals surface area contributed by atoms with Gasteiger partial charge < -0.3 is 18.9 Å². The number of imidazole rings is 1. The number of carbonyl (C=O) groups excluding carboxylic acids is 1. The van der Waals surface area contributed by atoms with Crippen LogP contribution in [-0.4, -0.2) is 62.6 Å². The lowest BCUT2D eigenvalue weighted by Crippen LogP contribution is -2.38. The van der Waals surface area contributed by atoms with Crippen LogP contribution in [0.1, 0.15) is 34.9 Å². The summed E-state index contributed by atoms with van der Waals surface area (Å²) in [5.74, 6) is 1.12. The second kappa shape index (κ2) is 7.41. The molecule has 0 unspecified atom stereocenters. The Morgan fingerprint density at radius 3 is 2.57 bits per heavy atom. The van der Waals surface area contributed by atoms with E-state index in [4.69, 9.17) is 9.47 Å². The topological polar surface area (TPSA) is 95.3 Å². The first-order chi connectivity index (χ1) is 13.6. The highest BCUT2D eigenvalue weighted by Crippen LogP contribution is 2.34. The molecule has 4 heterocycles. The standard InChI is InChI=1S/C19H22N6O3/c1-24-9-14(22-11-24)19(26)25-6-4-12(5-7-25)16-17-13(20-10-21-16)8-15(27-2)18(23-17)28-3/h8-12H,4-7H2,1-3H3. The molecule has 1 amide bonds. The molecular formula is C19H22N6O3. The third-order valence-corrected chi connectivity index (χ3v) is 5.08. The zero-order valence-corrected chi connectivity index (χ0v) is 16.1. The van der Waals surface area contributed by atoms with Gasteiger partial charge in [-0.05, 0) is 12.8 Å². The molecule has 1 aliphatic rings. The van der Waals surface area contributed by atoms with Gasteiger partial charge >= 0.3 is 0 Å². The summed E-state index contributed by atoms with van der Waals surface area (Å²) < 4.78 is 12.4. The van der Waals surface area contributed by atoms with Crippen LogP contribution in [0.4, 0.5) is 0 Å². The molecule has 0 aliphatic carbocycles. The van der Waals surface area contributed by atoms with Crippen molar-refractivity contribution < 1.29 is 14.3 Å². The molecule has 0 radical (unpaired) electrons. The summed E-state index contributed by atoms with van der Waals surface area (Å²) >= 11 is 0. The third kappa shape index (κ3) is 3.23. The number of methoxy groups -OCH3 is 2. The van der Waals surface area contributed by atoms with Crippen molar-refractivity contribution >= 4 is 16.9 Å². The fourth-order valence-electron chi connectivity index (χ4n) is 3.60. The molecule has 1 fully saturated rings. The lowest BCUT2D eigenvalue weighted by atomic mass is 9.92. The molecule has 3 aromatic rings. The quantitative estimate of drug-likeness (QED) is 0.679. The molecule has 3 aromatic heterocycles. The van der Waals surface area contributed by atoms with Crippen LogP contribution >= 0.6 is 0 Å². The molecule has 0 aromatic carbocycles. The third-order valence-electron chi connectivity index (χ3n) is 5.08. The smallest absolute Gasteiger partial charge is 0.274 e. The first kappa shape index (κ1) is 18.1. The van der Waals surface area contributed by atoms with Crippen molar-refractivity contribution in [3.05, 3.63) is 36.3 Å². The molecule has 0 atom stereocenters. The SMILES string of the molecule is COc1cc2ncnc(C3CCN(C(=O)c4cn(C)cn4)CC3)c2nc1OC. The van der Waals surface area contributed by atoms with Gasteiger partial charge in [0.25, 0.3) is 11.8 Å². The van der Waals surface area contributed by atoms with Crippen molar-refractivity contribution in [3.63, 3.8) is 0 Å². The van der Waals surface area contributed by atoms with Crippen molar-refractivity contribution in [2.75, 3.05) is 27.3 Å². The number of aromatic nitrogens is 5. The molecule has 9 heteroatoms. The zero-order chi connectivity index (χ0) is 19.7. The summed E-state index contributed by atoms with van der Waals surface area (Å²) in [6.45, 7) is 1.30. The van der Waals surface area contributed by atoms with Crippen LogP contribution < -0.4 is 9.47 Å². The van der Waals surface area contributed by atoms with E-state index in [1.54, 1.807) is 37.6 Å². The van der Waals surface area contributed by atoms with Gasteiger partial charge in [-0.2, -0.15) is 0 Å². The molecule has 0 bridgehead atoms. The first-order valence-electron chi connectivity index (χ1n) is 9.11. The highest BCUT2D eigenvalue weighted by molar-refractivity contribution is 5.92. The Kier molecular flexibility index (Phi) is 4.81. The van der Waals surface area contributed by atoms with Gasteiger partial charge in [0.2, 0.25) is 0 Å².